The maximum Gasteiger partial charge on any atom is 0.294 e. The Morgan fingerprint density at radius 2 is 1.92 bits per heavy atom. The highest BCUT2D eigenvalue weighted by molar-refractivity contribution is 7.40. The fourth-order valence-corrected chi connectivity index (χ4v) is 2.51. The van der Waals surface area contributed by atoms with Crippen LogP contribution in [0.4, 0.5) is 0 Å². The first-order valence-corrected chi connectivity index (χ1v) is 9.49. The first kappa shape index (κ1) is 23.9. The third kappa shape index (κ3) is 7.87. The van der Waals surface area contributed by atoms with E-state index in [4.69, 9.17) is 15.9 Å². The minimum atomic E-state index is -0.690. The number of carbonyl (C=O) groups is 1. The summed E-state index contributed by atoms with van der Waals surface area (Å²) >= 11 is 0. The number of hydrogen-bond donors (Lipinski definition) is 2. The van der Waals surface area contributed by atoms with E-state index in [-0.39, 0.29) is 11.5 Å². The van der Waals surface area contributed by atoms with Crippen LogP contribution in [0, 0.1) is 5.41 Å². The summed E-state index contributed by atoms with van der Waals surface area (Å²) in [6.07, 6.45) is 1.76. The highest BCUT2D eigenvalue weighted by Crippen LogP contribution is 2.17. The van der Waals surface area contributed by atoms with Gasteiger partial charge in [0.25, 0.3) is 5.91 Å². The zero-order valence-corrected chi connectivity index (χ0v) is 17.5. The van der Waals surface area contributed by atoms with Crippen LogP contribution in [0.1, 0.15) is 53.0 Å². The summed E-state index contributed by atoms with van der Waals surface area (Å²) in [5.74, 6) is -0.101. The molecule has 0 aromatic heterocycles. The van der Waals surface area contributed by atoms with Gasteiger partial charge in [0.1, 0.15) is 17.3 Å². The van der Waals surface area contributed by atoms with E-state index in [2.05, 4.69) is 19.2 Å². The van der Waals surface area contributed by atoms with Gasteiger partial charge in [-0.25, -0.2) is 0 Å². The number of carbonyl (C=O) groups excluding carboxylic acids is 1. The lowest BCUT2D eigenvalue weighted by molar-refractivity contribution is -0.112. The molecule has 0 saturated heterocycles. The molecule has 26 heavy (non-hydrogen) atoms. The molecule has 0 spiro atoms. The number of para-hydroxylation sites is 1. The quantitative estimate of drug-likeness (QED) is 0.408. The van der Waals surface area contributed by atoms with Gasteiger partial charge in [0.2, 0.25) is 0 Å². The van der Waals surface area contributed by atoms with Gasteiger partial charge in [0, 0.05) is 5.45 Å². The molecule has 1 rings (SSSR count). The number of nitrogens with zero attached hydrogens (tertiary/aromatic N) is 2. The van der Waals surface area contributed by atoms with Crippen molar-refractivity contribution in [2.75, 3.05) is 6.61 Å². The minimum Gasteiger partial charge on any atom is -0.493 e. The van der Waals surface area contributed by atoms with Gasteiger partial charge in [-0.3, -0.25) is 15.2 Å². The Labute approximate surface area is 159 Å². The van der Waals surface area contributed by atoms with E-state index in [0.29, 0.717) is 17.9 Å². The third-order valence-electron chi connectivity index (χ3n) is 3.20. The van der Waals surface area contributed by atoms with Gasteiger partial charge in [0.15, 0.2) is 0 Å². The fraction of sp³-hybridized carbons (Fsp3) is 0.474. The summed E-state index contributed by atoms with van der Waals surface area (Å²) in [5.41, 5.74) is 7.11. The Morgan fingerprint density at radius 1 is 1.31 bits per heavy atom. The Kier molecular flexibility index (Phi) is 12.1. The largest absolute Gasteiger partial charge is 0.493 e. The van der Waals surface area contributed by atoms with Crippen molar-refractivity contribution in [1.82, 2.24) is 0 Å². The fourth-order valence-electron chi connectivity index (χ4n) is 2.00. The van der Waals surface area contributed by atoms with Crippen molar-refractivity contribution in [3.05, 3.63) is 29.8 Å². The molecule has 1 aromatic carbocycles. The van der Waals surface area contributed by atoms with E-state index < -0.39 is 11.9 Å². The van der Waals surface area contributed by atoms with Crippen LogP contribution in [0.2, 0.25) is 0 Å². The Morgan fingerprint density at radius 3 is 2.50 bits per heavy atom. The molecule has 0 aliphatic rings. The van der Waals surface area contributed by atoms with Crippen LogP contribution in [-0.4, -0.2) is 35.6 Å². The molecule has 7 heteroatoms. The molecule has 0 aliphatic heterocycles. The second kappa shape index (κ2) is 13.2. The Hall–Kier alpha value is -2.07. The number of benzene rings is 1. The molecule has 1 amide bonds. The molecule has 2 unspecified atom stereocenters. The maximum absolute atomic E-state index is 12.2. The van der Waals surface area contributed by atoms with Gasteiger partial charge in [-0.1, -0.05) is 48.6 Å². The SMILES string of the molecule is CC.CCCC(P)=NC(C)C(=N)C(=O)N=C(N)c1ccccc1OCC. The molecule has 0 aliphatic carbocycles. The predicted octanol–water partition coefficient (Wildman–Crippen LogP) is 3.83. The van der Waals surface area contributed by atoms with Crippen molar-refractivity contribution < 1.29 is 9.53 Å². The molecule has 0 saturated carbocycles. The molecule has 144 valence electrons. The molecule has 0 bridgehead atoms. The number of nitrogens with two attached hydrogens (primary N) is 1. The van der Waals surface area contributed by atoms with Gasteiger partial charge in [0.05, 0.1) is 18.2 Å². The van der Waals surface area contributed by atoms with E-state index in [0.717, 1.165) is 18.3 Å². The van der Waals surface area contributed by atoms with Crippen molar-refractivity contribution in [2.45, 2.75) is 53.5 Å². The lowest BCUT2D eigenvalue weighted by Crippen LogP contribution is -2.26. The molecule has 1 aromatic rings. The van der Waals surface area contributed by atoms with Gasteiger partial charge < -0.3 is 10.5 Å². The second-order valence-electron chi connectivity index (χ2n) is 5.19. The van der Waals surface area contributed by atoms with Crippen LogP contribution in [0.15, 0.2) is 34.3 Å². The molecule has 0 heterocycles. The summed E-state index contributed by atoms with van der Waals surface area (Å²) in [6.45, 7) is 10.1. The second-order valence-corrected chi connectivity index (χ2v) is 5.86. The van der Waals surface area contributed by atoms with Crippen molar-refractivity contribution in [2.24, 2.45) is 15.7 Å². The first-order valence-electron chi connectivity index (χ1n) is 8.91. The minimum absolute atomic E-state index is 0.0321. The van der Waals surface area contributed by atoms with Crippen LogP contribution in [-0.2, 0) is 4.79 Å². The van der Waals surface area contributed by atoms with E-state index in [1.54, 1.807) is 25.1 Å². The summed E-state index contributed by atoms with van der Waals surface area (Å²) in [7, 11) is 2.54. The molecule has 0 radical (unpaired) electrons. The first-order chi connectivity index (χ1) is 12.4. The summed E-state index contributed by atoms with van der Waals surface area (Å²) in [5, 5.41) is 7.96. The third-order valence-corrected chi connectivity index (χ3v) is 3.64. The van der Waals surface area contributed by atoms with Crippen molar-refractivity contribution in [3.63, 3.8) is 0 Å². The van der Waals surface area contributed by atoms with Crippen LogP contribution in [0.5, 0.6) is 5.75 Å². The summed E-state index contributed by atoms with van der Waals surface area (Å²) in [6, 6.07) is 6.53. The standard InChI is InChI=1S/C17H25N4O2P.C2H6/c1-4-8-14(24)20-11(3)15(18)17(22)21-16(19)12-9-6-7-10-13(12)23-5-2;1-2/h6-7,9-11,18H,4-5,8,24H2,1-3H3,(H2,19,21,22);1-2H3. The molecular weight excluding hydrogens is 347 g/mol. The number of rotatable bonds is 8. The van der Waals surface area contributed by atoms with Crippen LogP contribution >= 0.6 is 9.24 Å². The smallest absolute Gasteiger partial charge is 0.294 e. The predicted molar refractivity (Wildman–Crippen MR) is 114 cm³/mol. The lowest BCUT2D eigenvalue weighted by atomic mass is 10.1. The number of aliphatic imine (C=N–C) groups is 2. The number of hydrogen-bond acceptors (Lipinski definition) is 4. The monoisotopic (exact) mass is 378 g/mol. The van der Waals surface area contributed by atoms with Crippen LogP contribution < -0.4 is 10.5 Å². The molecular formula is C19H31N4O2P. The Balaban J connectivity index is 0.00000301. The van der Waals surface area contributed by atoms with Gasteiger partial charge in [-0.2, -0.15) is 4.99 Å². The van der Waals surface area contributed by atoms with E-state index in [1.165, 1.54) is 0 Å². The average molecular weight is 378 g/mol. The number of nitrogens with one attached hydrogen (secondary N) is 1. The van der Waals surface area contributed by atoms with E-state index >= 15 is 0 Å². The molecule has 3 N–H and O–H groups in total. The van der Waals surface area contributed by atoms with Crippen LogP contribution in [0.25, 0.3) is 0 Å². The van der Waals surface area contributed by atoms with Gasteiger partial charge in [-0.15, -0.1) is 0 Å². The van der Waals surface area contributed by atoms with Crippen LogP contribution in [0.3, 0.4) is 0 Å². The number of amidine groups is 1. The Bertz CT molecular complexity index is 657. The van der Waals surface area contributed by atoms with Gasteiger partial charge >= 0.3 is 0 Å². The zero-order chi connectivity index (χ0) is 20.1. The van der Waals surface area contributed by atoms with Crippen molar-refractivity contribution >= 4 is 32.1 Å². The highest BCUT2D eigenvalue weighted by atomic mass is 31.0. The molecule has 6 nitrogen and oxygen atoms in total. The van der Waals surface area contributed by atoms with Gasteiger partial charge in [-0.05, 0) is 32.4 Å². The maximum atomic E-state index is 12.2. The lowest BCUT2D eigenvalue weighted by Gasteiger charge is -2.10. The molecule has 0 fully saturated rings. The number of amides is 1. The highest BCUT2D eigenvalue weighted by Gasteiger charge is 2.17. The average Bonchev–Trinajstić information content (AvgIpc) is 2.63. The van der Waals surface area contributed by atoms with E-state index in [9.17, 15) is 4.79 Å². The van der Waals surface area contributed by atoms with E-state index in [1.807, 2.05) is 33.8 Å². The normalized spacial score (nSPS) is 12.7. The molecule has 2 atom stereocenters. The summed E-state index contributed by atoms with van der Waals surface area (Å²) in [4.78, 5) is 20.3. The topological polar surface area (TPSA) is 101 Å². The van der Waals surface area contributed by atoms with Crippen molar-refractivity contribution in [3.8, 4) is 5.75 Å². The van der Waals surface area contributed by atoms with Crippen molar-refractivity contribution in [1.29, 1.82) is 5.41 Å². The number of ether oxygens (including phenoxy) is 1. The summed E-state index contributed by atoms with van der Waals surface area (Å²) < 4.78 is 5.48. The zero-order valence-electron chi connectivity index (χ0n) is 16.4.